The van der Waals surface area contributed by atoms with Crippen molar-refractivity contribution < 1.29 is 9.47 Å². The maximum atomic E-state index is 8.53. The average Bonchev–Trinajstić information content (AvgIpc) is 2.35. The Bertz CT molecular complexity index is 244. The van der Waals surface area contributed by atoms with Crippen LogP contribution in [0.4, 0.5) is 0 Å². The molecule has 0 aromatic heterocycles. The predicted octanol–water partition coefficient (Wildman–Crippen LogP) is 0.377. The van der Waals surface area contributed by atoms with E-state index in [0.29, 0.717) is 32.0 Å². The van der Waals surface area contributed by atoms with Gasteiger partial charge in [-0.15, -0.1) is 0 Å². The molecule has 0 bridgehead atoms. The molecule has 0 radical (unpaired) electrons. The summed E-state index contributed by atoms with van der Waals surface area (Å²) in [5.74, 6) is 0. The van der Waals surface area contributed by atoms with Gasteiger partial charge in [0.25, 0.3) is 0 Å². The monoisotopic (exact) mass is 164 g/mol. The van der Waals surface area contributed by atoms with Crippen molar-refractivity contribution in [1.29, 1.82) is 10.5 Å². The fourth-order valence-electron chi connectivity index (χ4n) is 0.878. The smallest absolute Gasteiger partial charge is 0.133 e. The zero-order valence-electron chi connectivity index (χ0n) is 6.54. The molecule has 12 heavy (non-hydrogen) atoms. The molecule has 0 aromatic carbocycles. The second-order valence-corrected chi connectivity index (χ2v) is 2.31. The quantitative estimate of drug-likeness (QED) is 0.485. The molecule has 0 saturated carbocycles. The number of nitrogens with zero attached hydrogens (tertiary/aromatic N) is 2. The largest absolute Gasteiger partial charge is 0.375 e. The van der Waals surface area contributed by atoms with Crippen LogP contribution >= 0.6 is 0 Å². The van der Waals surface area contributed by atoms with E-state index < -0.39 is 0 Å². The summed E-state index contributed by atoms with van der Waals surface area (Å²) in [5, 5.41) is 17.1. The Hall–Kier alpha value is -1.36. The lowest BCUT2D eigenvalue weighted by Gasteiger charge is -1.99. The van der Waals surface area contributed by atoms with E-state index in [2.05, 4.69) is 0 Å². The highest BCUT2D eigenvalue weighted by Gasteiger charge is 2.09. The summed E-state index contributed by atoms with van der Waals surface area (Å²) >= 11 is 0. The first-order chi connectivity index (χ1) is 5.88. The Labute approximate surface area is 70.6 Å². The summed E-state index contributed by atoms with van der Waals surface area (Å²) < 4.78 is 10.2. The van der Waals surface area contributed by atoms with Crippen LogP contribution in [0, 0.1) is 22.7 Å². The molecule has 1 aliphatic heterocycles. The highest BCUT2D eigenvalue weighted by atomic mass is 16.5. The van der Waals surface area contributed by atoms with Crippen LogP contribution in [-0.4, -0.2) is 26.4 Å². The van der Waals surface area contributed by atoms with E-state index in [1.807, 2.05) is 12.1 Å². The van der Waals surface area contributed by atoms with Gasteiger partial charge in [0.15, 0.2) is 0 Å². The van der Waals surface area contributed by atoms with E-state index in [1.54, 1.807) is 0 Å². The Balaban J connectivity index is 2.78. The van der Waals surface area contributed by atoms with Gasteiger partial charge in [-0.25, -0.2) is 0 Å². The Kier molecular flexibility index (Phi) is 3.28. The summed E-state index contributed by atoms with van der Waals surface area (Å²) in [6.07, 6.45) is 0. The molecule has 1 aliphatic rings. The standard InChI is InChI=1S/C8H8N2O2/c9-3-7(4-10)8-5-11-1-2-12-6-8/h1-2,5-6H2. The third kappa shape index (κ3) is 2.06. The van der Waals surface area contributed by atoms with E-state index in [1.165, 1.54) is 0 Å². The lowest BCUT2D eigenvalue weighted by Crippen LogP contribution is -2.01. The van der Waals surface area contributed by atoms with Crippen molar-refractivity contribution in [3.63, 3.8) is 0 Å². The van der Waals surface area contributed by atoms with E-state index in [9.17, 15) is 0 Å². The predicted molar refractivity (Wildman–Crippen MR) is 39.9 cm³/mol. The molecule has 4 heteroatoms. The van der Waals surface area contributed by atoms with Gasteiger partial charge in [0.1, 0.15) is 17.7 Å². The lowest BCUT2D eigenvalue weighted by molar-refractivity contribution is 0.103. The second kappa shape index (κ2) is 4.50. The van der Waals surface area contributed by atoms with Crippen LogP contribution in [0.25, 0.3) is 0 Å². The van der Waals surface area contributed by atoms with Gasteiger partial charge >= 0.3 is 0 Å². The summed E-state index contributed by atoms with van der Waals surface area (Å²) in [6.45, 7) is 1.70. The Morgan fingerprint density at radius 2 is 1.58 bits per heavy atom. The zero-order valence-corrected chi connectivity index (χ0v) is 6.54. The van der Waals surface area contributed by atoms with Crippen LogP contribution in [0.2, 0.25) is 0 Å². The summed E-state index contributed by atoms with van der Waals surface area (Å²) in [7, 11) is 0. The minimum absolute atomic E-state index is 0.108. The van der Waals surface area contributed by atoms with Crippen molar-refractivity contribution in [3.8, 4) is 12.1 Å². The molecule has 0 atom stereocenters. The van der Waals surface area contributed by atoms with Crippen molar-refractivity contribution in [1.82, 2.24) is 0 Å². The second-order valence-electron chi connectivity index (χ2n) is 2.31. The van der Waals surface area contributed by atoms with Crippen LogP contribution < -0.4 is 0 Å². The molecule has 0 N–H and O–H groups in total. The van der Waals surface area contributed by atoms with Gasteiger partial charge in [-0.1, -0.05) is 0 Å². The number of ether oxygens (including phenoxy) is 2. The third-order valence-electron chi connectivity index (χ3n) is 1.50. The lowest BCUT2D eigenvalue weighted by atomic mass is 10.1. The van der Waals surface area contributed by atoms with E-state index in [4.69, 9.17) is 20.0 Å². The number of allylic oxidation sites excluding steroid dienone is 1. The normalized spacial score (nSPS) is 17.3. The molecule has 0 unspecified atom stereocenters. The van der Waals surface area contributed by atoms with E-state index in [0.717, 1.165) is 0 Å². The zero-order chi connectivity index (χ0) is 8.81. The van der Waals surface area contributed by atoms with Crippen LogP contribution in [-0.2, 0) is 9.47 Å². The van der Waals surface area contributed by atoms with Crippen molar-refractivity contribution in [3.05, 3.63) is 11.1 Å². The van der Waals surface area contributed by atoms with E-state index >= 15 is 0 Å². The van der Waals surface area contributed by atoms with Gasteiger partial charge in [0.05, 0.1) is 26.4 Å². The van der Waals surface area contributed by atoms with Crippen molar-refractivity contribution in [2.24, 2.45) is 0 Å². The molecule has 0 spiro atoms. The molecule has 0 aliphatic carbocycles. The summed E-state index contributed by atoms with van der Waals surface area (Å²) in [6, 6.07) is 3.62. The first-order valence-electron chi connectivity index (χ1n) is 3.56. The van der Waals surface area contributed by atoms with Crippen LogP contribution in [0.3, 0.4) is 0 Å². The first kappa shape index (κ1) is 8.73. The fraction of sp³-hybridized carbons (Fsp3) is 0.500. The molecular formula is C8H8N2O2. The molecule has 1 heterocycles. The molecule has 62 valence electrons. The van der Waals surface area contributed by atoms with Gasteiger partial charge in [-0.05, 0) is 0 Å². The molecule has 1 rings (SSSR count). The van der Waals surface area contributed by atoms with Crippen LogP contribution in [0.15, 0.2) is 11.1 Å². The van der Waals surface area contributed by atoms with Crippen LogP contribution in [0.1, 0.15) is 0 Å². The maximum Gasteiger partial charge on any atom is 0.133 e. The van der Waals surface area contributed by atoms with Crippen LogP contribution in [0.5, 0.6) is 0 Å². The van der Waals surface area contributed by atoms with Crippen molar-refractivity contribution in [2.45, 2.75) is 0 Å². The average molecular weight is 164 g/mol. The minimum atomic E-state index is 0.108. The Morgan fingerprint density at radius 1 is 1.08 bits per heavy atom. The van der Waals surface area contributed by atoms with Crippen molar-refractivity contribution in [2.75, 3.05) is 26.4 Å². The van der Waals surface area contributed by atoms with Gasteiger partial charge in [0, 0.05) is 5.57 Å². The fourth-order valence-corrected chi connectivity index (χ4v) is 0.878. The molecule has 0 aromatic rings. The SMILES string of the molecule is N#CC(C#N)=C1COCCOC1. The van der Waals surface area contributed by atoms with Crippen molar-refractivity contribution >= 4 is 0 Å². The van der Waals surface area contributed by atoms with Gasteiger partial charge < -0.3 is 9.47 Å². The molecular weight excluding hydrogens is 156 g/mol. The van der Waals surface area contributed by atoms with Gasteiger partial charge in [-0.3, -0.25) is 0 Å². The topological polar surface area (TPSA) is 66.0 Å². The van der Waals surface area contributed by atoms with E-state index in [-0.39, 0.29) is 5.57 Å². The minimum Gasteiger partial charge on any atom is -0.375 e. The highest BCUT2D eigenvalue weighted by Crippen LogP contribution is 2.07. The van der Waals surface area contributed by atoms with Gasteiger partial charge in [0.2, 0.25) is 0 Å². The molecule has 0 amide bonds. The third-order valence-corrected chi connectivity index (χ3v) is 1.50. The molecule has 4 nitrogen and oxygen atoms in total. The molecule has 1 saturated heterocycles. The molecule has 1 fully saturated rings. The summed E-state index contributed by atoms with van der Waals surface area (Å²) in [5.41, 5.74) is 0.745. The van der Waals surface area contributed by atoms with Gasteiger partial charge in [-0.2, -0.15) is 10.5 Å². The maximum absolute atomic E-state index is 8.53. The highest BCUT2D eigenvalue weighted by molar-refractivity contribution is 5.40. The Morgan fingerprint density at radius 3 is 2.00 bits per heavy atom. The number of rotatable bonds is 0. The summed E-state index contributed by atoms with van der Waals surface area (Å²) in [4.78, 5) is 0. The first-order valence-corrected chi connectivity index (χ1v) is 3.56. The number of nitriles is 2. The number of hydrogen-bond donors (Lipinski definition) is 0. The number of hydrogen-bond acceptors (Lipinski definition) is 4.